The number of rotatable bonds is 3. The maximum Gasteiger partial charge on any atom is 0.0198 e. The summed E-state index contributed by atoms with van der Waals surface area (Å²) in [4.78, 5) is 0. The van der Waals surface area contributed by atoms with Crippen molar-refractivity contribution in [1.29, 1.82) is 0 Å². The van der Waals surface area contributed by atoms with Crippen molar-refractivity contribution in [3.8, 4) is 0 Å². The van der Waals surface area contributed by atoms with Gasteiger partial charge >= 0.3 is 0 Å². The molecule has 3 fully saturated rings. The molecular weight excluding hydrogens is 196 g/mol. The molecule has 0 aromatic heterocycles. The van der Waals surface area contributed by atoms with E-state index in [1.54, 1.807) is 0 Å². The fraction of sp³-hybridized carbons (Fsp3) is 1.00. The maximum absolute atomic E-state index is 3.84. The Morgan fingerprint density at radius 2 is 2.00 bits per heavy atom. The SMILES string of the molecule is CC1(C)CC1NCC1CC2CCCCC2N1. The maximum atomic E-state index is 3.84. The van der Waals surface area contributed by atoms with Gasteiger partial charge in [-0.05, 0) is 37.0 Å². The minimum Gasteiger partial charge on any atom is -0.312 e. The second kappa shape index (κ2) is 3.99. The van der Waals surface area contributed by atoms with Crippen LogP contribution in [0.5, 0.6) is 0 Å². The summed E-state index contributed by atoms with van der Waals surface area (Å²) in [7, 11) is 0. The van der Waals surface area contributed by atoms with Gasteiger partial charge in [0.25, 0.3) is 0 Å². The predicted molar refractivity (Wildman–Crippen MR) is 67.5 cm³/mol. The monoisotopic (exact) mass is 222 g/mol. The van der Waals surface area contributed by atoms with Gasteiger partial charge < -0.3 is 10.6 Å². The molecule has 0 radical (unpaired) electrons. The van der Waals surface area contributed by atoms with Crippen LogP contribution in [0.4, 0.5) is 0 Å². The van der Waals surface area contributed by atoms with E-state index in [4.69, 9.17) is 0 Å². The van der Waals surface area contributed by atoms with Crippen LogP contribution in [0.2, 0.25) is 0 Å². The molecule has 92 valence electrons. The molecule has 0 aromatic rings. The summed E-state index contributed by atoms with van der Waals surface area (Å²) >= 11 is 0. The summed E-state index contributed by atoms with van der Waals surface area (Å²) < 4.78 is 0. The largest absolute Gasteiger partial charge is 0.312 e. The number of hydrogen-bond donors (Lipinski definition) is 2. The van der Waals surface area contributed by atoms with Gasteiger partial charge in [-0.1, -0.05) is 26.7 Å². The highest BCUT2D eigenvalue weighted by Gasteiger charge is 2.45. The molecule has 0 amide bonds. The van der Waals surface area contributed by atoms with E-state index < -0.39 is 0 Å². The van der Waals surface area contributed by atoms with Gasteiger partial charge in [0, 0.05) is 24.7 Å². The quantitative estimate of drug-likeness (QED) is 0.765. The van der Waals surface area contributed by atoms with Gasteiger partial charge in [0.1, 0.15) is 0 Å². The molecule has 0 spiro atoms. The first kappa shape index (κ1) is 11.0. The van der Waals surface area contributed by atoms with Crippen LogP contribution < -0.4 is 10.6 Å². The van der Waals surface area contributed by atoms with Crippen molar-refractivity contribution in [2.45, 2.75) is 70.5 Å². The standard InChI is InChI=1S/C14H26N2/c1-14(2)8-13(14)15-9-11-7-10-5-3-4-6-12(10)16-11/h10-13,15-16H,3-9H2,1-2H3. The Bertz CT molecular complexity index is 247. The molecule has 2 N–H and O–H groups in total. The Morgan fingerprint density at radius 3 is 2.69 bits per heavy atom. The molecule has 3 rings (SSSR count). The van der Waals surface area contributed by atoms with E-state index in [0.29, 0.717) is 5.41 Å². The van der Waals surface area contributed by atoms with Gasteiger partial charge in [0.05, 0.1) is 0 Å². The van der Waals surface area contributed by atoms with Crippen molar-refractivity contribution in [2.75, 3.05) is 6.54 Å². The van der Waals surface area contributed by atoms with Gasteiger partial charge in [-0.15, -0.1) is 0 Å². The first-order valence-electron chi connectivity index (χ1n) is 7.14. The Morgan fingerprint density at radius 1 is 1.25 bits per heavy atom. The lowest BCUT2D eigenvalue weighted by Crippen LogP contribution is -2.39. The molecule has 2 saturated carbocycles. The Kier molecular flexibility index (Phi) is 2.75. The summed E-state index contributed by atoms with van der Waals surface area (Å²) in [6, 6.07) is 2.40. The molecule has 4 atom stereocenters. The Hall–Kier alpha value is -0.0800. The molecule has 16 heavy (non-hydrogen) atoms. The predicted octanol–water partition coefficient (Wildman–Crippen LogP) is 2.30. The van der Waals surface area contributed by atoms with Gasteiger partial charge in [-0.25, -0.2) is 0 Å². The van der Waals surface area contributed by atoms with Gasteiger partial charge in [0.15, 0.2) is 0 Å². The van der Waals surface area contributed by atoms with Crippen LogP contribution in [0, 0.1) is 11.3 Å². The molecule has 2 nitrogen and oxygen atoms in total. The third-order valence-electron chi connectivity index (χ3n) is 5.07. The summed E-state index contributed by atoms with van der Waals surface area (Å²) in [6.45, 7) is 5.93. The molecule has 1 aliphatic heterocycles. The van der Waals surface area contributed by atoms with E-state index in [0.717, 1.165) is 24.0 Å². The van der Waals surface area contributed by atoms with E-state index in [1.807, 2.05) is 0 Å². The zero-order valence-electron chi connectivity index (χ0n) is 10.8. The van der Waals surface area contributed by atoms with Crippen molar-refractivity contribution in [3.63, 3.8) is 0 Å². The molecular formula is C14H26N2. The highest BCUT2D eigenvalue weighted by molar-refractivity contribution is 5.03. The number of nitrogens with one attached hydrogen (secondary N) is 2. The first-order chi connectivity index (χ1) is 7.65. The molecule has 2 heteroatoms. The van der Waals surface area contributed by atoms with Crippen molar-refractivity contribution in [2.24, 2.45) is 11.3 Å². The molecule has 2 aliphatic carbocycles. The molecule has 0 aromatic carbocycles. The Labute approximate surface area is 99.6 Å². The minimum atomic E-state index is 0.575. The molecule has 4 unspecified atom stereocenters. The van der Waals surface area contributed by atoms with Crippen molar-refractivity contribution >= 4 is 0 Å². The number of hydrogen-bond acceptors (Lipinski definition) is 2. The molecule has 3 aliphatic rings. The second-order valence-corrected chi connectivity index (χ2v) is 6.90. The lowest BCUT2D eigenvalue weighted by Gasteiger charge is -2.24. The zero-order chi connectivity index (χ0) is 11.2. The number of fused-ring (bicyclic) bond motifs is 1. The smallest absolute Gasteiger partial charge is 0.0198 e. The molecule has 1 heterocycles. The summed E-state index contributed by atoms with van der Waals surface area (Å²) in [5.41, 5.74) is 0.575. The normalized spacial score (nSPS) is 45.4. The third-order valence-corrected chi connectivity index (χ3v) is 5.07. The fourth-order valence-corrected chi connectivity index (χ4v) is 3.69. The summed E-state index contributed by atoms with van der Waals surface area (Å²) in [6.07, 6.45) is 8.61. The van der Waals surface area contributed by atoms with Crippen molar-refractivity contribution < 1.29 is 0 Å². The van der Waals surface area contributed by atoms with E-state index in [2.05, 4.69) is 24.5 Å². The topological polar surface area (TPSA) is 24.1 Å². The van der Waals surface area contributed by atoms with E-state index in [9.17, 15) is 0 Å². The van der Waals surface area contributed by atoms with Crippen LogP contribution in [0.15, 0.2) is 0 Å². The minimum absolute atomic E-state index is 0.575. The van der Waals surface area contributed by atoms with E-state index in [1.165, 1.54) is 45.1 Å². The zero-order valence-corrected chi connectivity index (χ0v) is 10.8. The lowest BCUT2D eigenvalue weighted by molar-refractivity contribution is 0.325. The fourth-order valence-electron chi connectivity index (χ4n) is 3.69. The average molecular weight is 222 g/mol. The van der Waals surface area contributed by atoms with Crippen molar-refractivity contribution in [3.05, 3.63) is 0 Å². The summed E-state index contributed by atoms with van der Waals surface area (Å²) in [5.74, 6) is 0.993. The second-order valence-electron chi connectivity index (χ2n) is 6.90. The van der Waals surface area contributed by atoms with Crippen LogP contribution in [-0.4, -0.2) is 24.7 Å². The van der Waals surface area contributed by atoms with E-state index >= 15 is 0 Å². The first-order valence-corrected chi connectivity index (χ1v) is 7.14. The van der Waals surface area contributed by atoms with Crippen LogP contribution in [0.25, 0.3) is 0 Å². The highest BCUT2D eigenvalue weighted by atomic mass is 15.1. The lowest BCUT2D eigenvalue weighted by atomic mass is 9.85. The van der Waals surface area contributed by atoms with Crippen LogP contribution >= 0.6 is 0 Å². The Balaban J connectivity index is 1.44. The highest BCUT2D eigenvalue weighted by Crippen LogP contribution is 2.44. The average Bonchev–Trinajstić information content (AvgIpc) is 2.72. The summed E-state index contributed by atoms with van der Waals surface area (Å²) in [5, 5.41) is 7.58. The molecule has 1 saturated heterocycles. The van der Waals surface area contributed by atoms with Gasteiger partial charge in [0.2, 0.25) is 0 Å². The van der Waals surface area contributed by atoms with E-state index in [-0.39, 0.29) is 0 Å². The van der Waals surface area contributed by atoms with Crippen LogP contribution in [0.3, 0.4) is 0 Å². The van der Waals surface area contributed by atoms with Crippen LogP contribution in [-0.2, 0) is 0 Å². The van der Waals surface area contributed by atoms with Gasteiger partial charge in [-0.3, -0.25) is 0 Å². The van der Waals surface area contributed by atoms with Gasteiger partial charge in [-0.2, -0.15) is 0 Å². The van der Waals surface area contributed by atoms with Crippen molar-refractivity contribution in [1.82, 2.24) is 10.6 Å². The molecule has 0 bridgehead atoms. The van der Waals surface area contributed by atoms with Crippen LogP contribution in [0.1, 0.15) is 52.4 Å². The third kappa shape index (κ3) is 2.14.